The monoisotopic (exact) mass is 264 g/mol. The number of halogens is 2. The van der Waals surface area contributed by atoms with Gasteiger partial charge in [0.2, 0.25) is 0 Å². The zero-order valence-corrected chi connectivity index (χ0v) is 10.8. The second-order valence-electron chi connectivity index (χ2n) is 4.12. The predicted octanol–water partition coefficient (Wildman–Crippen LogP) is 3.72. The van der Waals surface area contributed by atoms with Crippen molar-refractivity contribution in [2.75, 3.05) is 0 Å². The summed E-state index contributed by atoms with van der Waals surface area (Å²) >= 11 is 5.84. The standard InChI is InChI=1S/C14H14ClFN2/c1-10(11-3-2-6-17-8-11)18-9-12-7-13(15)4-5-14(12)16/h2-8,10,18H,9H2,1H3/t10-/m1/s1. The molecule has 0 unspecified atom stereocenters. The Hall–Kier alpha value is -1.45. The molecular formula is C14H14ClFN2. The number of hydrogen-bond donors (Lipinski definition) is 1. The molecule has 1 heterocycles. The minimum atomic E-state index is -0.245. The van der Waals surface area contributed by atoms with Crippen LogP contribution in [0.2, 0.25) is 5.02 Å². The van der Waals surface area contributed by atoms with Crippen LogP contribution in [0.3, 0.4) is 0 Å². The number of hydrogen-bond acceptors (Lipinski definition) is 2. The van der Waals surface area contributed by atoms with Gasteiger partial charge in [0.1, 0.15) is 5.82 Å². The van der Waals surface area contributed by atoms with E-state index in [1.165, 1.54) is 6.07 Å². The second-order valence-corrected chi connectivity index (χ2v) is 4.56. The normalized spacial score (nSPS) is 12.4. The Bertz CT molecular complexity index is 516. The van der Waals surface area contributed by atoms with Crippen LogP contribution in [0, 0.1) is 5.82 Å². The Morgan fingerprint density at radius 1 is 1.39 bits per heavy atom. The minimum absolute atomic E-state index is 0.108. The van der Waals surface area contributed by atoms with Crippen molar-refractivity contribution < 1.29 is 4.39 Å². The molecule has 0 aliphatic heterocycles. The summed E-state index contributed by atoms with van der Waals surface area (Å²) < 4.78 is 13.5. The van der Waals surface area contributed by atoms with Gasteiger partial charge >= 0.3 is 0 Å². The average molecular weight is 265 g/mol. The van der Waals surface area contributed by atoms with Crippen LogP contribution in [0.4, 0.5) is 4.39 Å². The van der Waals surface area contributed by atoms with Gasteiger partial charge < -0.3 is 5.32 Å². The molecule has 0 radical (unpaired) electrons. The minimum Gasteiger partial charge on any atom is -0.306 e. The Morgan fingerprint density at radius 3 is 2.94 bits per heavy atom. The molecule has 18 heavy (non-hydrogen) atoms. The fourth-order valence-corrected chi connectivity index (χ4v) is 1.89. The smallest absolute Gasteiger partial charge is 0.127 e. The summed E-state index contributed by atoms with van der Waals surface area (Å²) in [6, 6.07) is 8.54. The largest absolute Gasteiger partial charge is 0.306 e. The first-order valence-electron chi connectivity index (χ1n) is 5.74. The summed E-state index contributed by atoms with van der Waals surface area (Å²) in [7, 11) is 0. The molecular weight excluding hydrogens is 251 g/mol. The number of nitrogens with one attached hydrogen (secondary N) is 1. The first kappa shape index (κ1) is 13.0. The summed E-state index contributed by atoms with van der Waals surface area (Å²) in [5.74, 6) is -0.245. The van der Waals surface area contributed by atoms with Gasteiger partial charge in [-0.05, 0) is 36.8 Å². The molecule has 1 N–H and O–H groups in total. The van der Waals surface area contributed by atoms with E-state index in [-0.39, 0.29) is 11.9 Å². The van der Waals surface area contributed by atoms with Crippen molar-refractivity contribution in [1.82, 2.24) is 10.3 Å². The molecule has 94 valence electrons. The Kier molecular flexibility index (Phi) is 4.28. The maximum atomic E-state index is 13.5. The van der Waals surface area contributed by atoms with Crippen molar-refractivity contribution >= 4 is 11.6 Å². The Labute approximate surface area is 111 Å². The van der Waals surface area contributed by atoms with E-state index in [0.29, 0.717) is 17.1 Å². The van der Waals surface area contributed by atoms with Crippen LogP contribution >= 0.6 is 11.6 Å². The Balaban J connectivity index is 2.01. The highest BCUT2D eigenvalue weighted by molar-refractivity contribution is 6.30. The molecule has 0 fully saturated rings. The number of nitrogens with zero attached hydrogens (tertiary/aromatic N) is 1. The van der Waals surface area contributed by atoms with Crippen molar-refractivity contribution in [2.45, 2.75) is 19.5 Å². The van der Waals surface area contributed by atoms with E-state index in [1.54, 1.807) is 24.5 Å². The predicted molar refractivity (Wildman–Crippen MR) is 70.9 cm³/mol. The van der Waals surface area contributed by atoms with Gasteiger partial charge in [-0.2, -0.15) is 0 Å². The molecule has 0 saturated heterocycles. The van der Waals surface area contributed by atoms with Gasteiger partial charge in [-0.1, -0.05) is 17.7 Å². The molecule has 1 atom stereocenters. The average Bonchev–Trinajstić information content (AvgIpc) is 2.40. The SMILES string of the molecule is C[C@@H](NCc1cc(Cl)ccc1F)c1cccnc1. The van der Waals surface area contributed by atoms with Crippen LogP contribution in [-0.2, 0) is 6.54 Å². The van der Waals surface area contributed by atoms with E-state index in [9.17, 15) is 4.39 Å². The maximum Gasteiger partial charge on any atom is 0.127 e. The highest BCUT2D eigenvalue weighted by Gasteiger charge is 2.07. The molecule has 2 nitrogen and oxygen atoms in total. The lowest BCUT2D eigenvalue weighted by Crippen LogP contribution is -2.18. The number of rotatable bonds is 4. The first-order chi connectivity index (χ1) is 8.66. The Morgan fingerprint density at radius 2 is 2.22 bits per heavy atom. The van der Waals surface area contributed by atoms with Crippen molar-refractivity contribution in [2.24, 2.45) is 0 Å². The highest BCUT2D eigenvalue weighted by Crippen LogP contribution is 2.16. The molecule has 1 aromatic carbocycles. The van der Waals surface area contributed by atoms with Gasteiger partial charge in [-0.15, -0.1) is 0 Å². The van der Waals surface area contributed by atoms with Gasteiger partial charge in [-0.25, -0.2) is 4.39 Å². The van der Waals surface area contributed by atoms with E-state index in [1.807, 2.05) is 19.1 Å². The summed E-state index contributed by atoms with van der Waals surface area (Å²) in [4.78, 5) is 4.06. The third-order valence-corrected chi connectivity index (χ3v) is 3.03. The molecule has 0 aliphatic carbocycles. The van der Waals surface area contributed by atoms with E-state index in [4.69, 9.17) is 11.6 Å². The van der Waals surface area contributed by atoms with E-state index < -0.39 is 0 Å². The summed E-state index contributed by atoms with van der Waals surface area (Å²) in [6.07, 6.45) is 3.53. The van der Waals surface area contributed by atoms with Gasteiger partial charge in [0.25, 0.3) is 0 Å². The zero-order valence-electron chi connectivity index (χ0n) is 10.0. The molecule has 1 aromatic heterocycles. The van der Waals surface area contributed by atoms with Gasteiger partial charge in [-0.3, -0.25) is 4.98 Å². The first-order valence-corrected chi connectivity index (χ1v) is 6.12. The molecule has 0 spiro atoms. The van der Waals surface area contributed by atoms with E-state index >= 15 is 0 Å². The fourth-order valence-electron chi connectivity index (χ4n) is 1.69. The summed E-state index contributed by atoms with van der Waals surface area (Å²) in [6.45, 7) is 2.45. The van der Waals surface area contributed by atoms with Crippen LogP contribution in [0.5, 0.6) is 0 Å². The van der Waals surface area contributed by atoms with Crippen molar-refractivity contribution in [3.63, 3.8) is 0 Å². The van der Waals surface area contributed by atoms with Crippen LogP contribution < -0.4 is 5.32 Å². The van der Waals surface area contributed by atoms with Gasteiger partial charge in [0.15, 0.2) is 0 Å². The quantitative estimate of drug-likeness (QED) is 0.910. The van der Waals surface area contributed by atoms with Crippen molar-refractivity contribution in [1.29, 1.82) is 0 Å². The second kappa shape index (κ2) is 5.94. The van der Waals surface area contributed by atoms with Crippen LogP contribution in [0.1, 0.15) is 24.1 Å². The van der Waals surface area contributed by atoms with Crippen LogP contribution in [-0.4, -0.2) is 4.98 Å². The molecule has 0 amide bonds. The fraction of sp³-hybridized carbons (Fsp3) is 0.214. The van der Waals surface area contributed by atoms with Gasteiger partial charge in [0, 0.05) is 35.6 Å². The van der Waals surface area contributed by atoms with E-state index in [2.05, 4.69) is 10.3 Å². The van der Waals surface area contributed by atoms with Crippen molar-refractivity contribution in [3.8, 4) is 0 Å². The lowest BCUT2D eigenvalue weighted by Gasteiger charge is -2.14. The molecule has 0 bridgehead atoms. The number of aromatic nitrogens is 1. The number of benzene rings is 1. The molecule has 2 rings (SSSR count). The zero-order chi connectivity index (χ0) is 13.0. The lowest BCUT2D eigenvalue weighted by molar-refractivity contribution is 0.543. The topological polar surface area (TPSA) is 24.9 Å². The molecule has 0 saturated carbocycles. The van der Waals surface area contributed by atoms with Crippen LogP contribution in [0.25, 0.3) is 0 Å². The van der Waals surface area contributed by atoms with E-state index in [0.717, 1.165) is 5.56 Å². The summed E-state index contributed by atoms with van der Waals surface area (Å²) in [5, 5.41) is 3.79. The highest BCUT2D eigenvalue weighted by atomic mass is 35.5. The molecule has 4 heteroatoms. The maximum absolute atomic E-state index is 13.5. The van der Waals surface area contributed by atoms with Crippen molar-refractivity contribution in [3.05, 3.63) is 64.7 Å². The summed E-state index contributed by atoms with van der Waals surface area (Å²) in [5.41, 5.74) is 1.64. The third kappa shape index (κ3) is 3.28. The third-order valence-electron chi connectivity index (χ3n) is 2.79. The lowest BCUT2D eigenvalue weighted by atomic mass is 10.1. The van der Waals surface area contributed by atoms with Gasteiger partial charge in [0.05, 0.1) is 0 Å². The molecule has 2 aromatic rings. The van der Waals surface area contributed by atoms with Crippen LogP contribution in [0.15, 0.2) is 42.7 Å². The molecule has 0 aliphatic rings. The number of pyridine rings is 1.